The number of anilines is 1. The second-order valence-electron chi connectivity index (χ2n) is 5.26. The molecule has 1 N–H and O–H groups in total. The second kappa shape index (κ2) is 6.62. The van der Waals surface area contributed by atoms with Crippen LogP contribution in [-0.2, 0) is 11.8 Å². The highest BCUT2D eigenvalue weighted by atomic mass is 16.5. The van der Waals surface area contributed by atoms with Crippen molar-refractivity contribution in [2.75, 3.05) is 31.6 Å². The van der Waals surface area contributed by atoms with E-state index in [9.17, 15) is 9.59 Å². The Balaban J connectivity index is 1.73. The first-order valence-corrected chi connectivity index (χ1v) is 7.42. The van der Waals surface area contributed by atoms with E-state index >= 15 is 0 Å². The Bertz CT molecular complexity index is 705. The molecular formula is C16H18N4O3. The number of rotatable bonds is 3. The van der Waals surface area contributed by atoms with Crippen LogP contribution in [-0.4, -0.2) is 52.8 Å². The van der Waals surface area contributed by atoms with Gasteiger partial charge in [0.2, 0.25) is 0 Å². The molecule has 2 aromatic rings. The number of nitrogens with one attached hydrogen (secondary N) is 1. The van der Waals surface area contributed by atoms with E-state index in [0.717, 1.165) is 0 Å². The predicted molar refractivity (Wildman–Crippen MR) is 84.3 cm³/mol. The molecule has 2 amide bonds. The monoisotopic (exact) mass is 314 g/mol. The van der Waals surface area contributed by atoms with E-state index in [2.05, 4.69) is 10.4 Å². The zero-order valence-corrected chi connectivity index (χ0v) is 12.9. The number of nitrogens with zero attached hydrogens (tertiary/aromatic N) is 3. The minimum Gasteiger partial charge on any atom is -0.378 e. The maximum absolute atomic E-state index is 12.4. The Hall–Kier alpha value is -2.67. The number of aryl methyl sites for hydroxylation is 1. The summed E-state index contributed by atoms with van der Waals surface area (Å²) in [6.07, 6.45) is 0. The molecule has 0 atom stereocenters. The SMILES string of the molecule is Cn1nc(C(=O)N2CCOCC2)cc1NC(=O)c1ccccc1. The molecule has 1 aliphatic rings. The van der Waals surface area contributed by atoms with Crippen LogP contribution in [0.4, 0.5) is 5.82 Å². The number of carbonyl (C=O) groups is 2. The summed E-state index contributed by atoms with van der Waals surface area (Å²) in [4.78, 5) is 26.3. The summed E-state index contributed by atoms with van der Waals surface area (Å²) in [5.74, 6) is 0.0959. The van der Waals surface area contributed by atoms with Crippen molar-refractivity contribution in [3.63, 3.8) is 0 Å². The quantitative estimate of drug-likeness (QED) is 0.922. The predicted octanol–water partition coefficient (Wildman–Crippen LogP) is 1.14. The number of hydrogen-bond acceptors (Lipinski definition) is 4. The molecule has 0 aliphatic carbocycles. The lowest BCUT2D eigenvalue weighted by Crippen LogP contribution is -2.40. The average Bonchev–Trinajstić information content (AvgIpc) is 2.96. The first kappa shape index (κ1) is 15.2. The van der Waals surface area contributed by atoms with Gasteiger partial charge >= 0.3 is 0 Å². The molecule has 1 saturated heterocycles. The van der Waals surface area contributed by atoms with E-state index in [1.54, 1.807) is 42.3 Å². The molecule has 3 rings (SSSR count). The van der Waals surface area contributed by atoms with Crippen LogP contribution in [0.25, 0.3) is 0 Å². The molecule has 1 fully saturated rings. The summed E-state index contributed by atoms with van der Waals surface area (Å²) in [6, 6.07) is 10.5. The van der Waals surface area contributed by atoms with Gasteiger partial charge in [0.15, 0.2) is 5.69 Å². The van der Waals surface area contributed by atoms with E-state index < -0.39 is 0 Å². The lowest BCUT2D eigenvalue weighted by molar-refractivity contribution is 0.0298. The fourth-order valence-electron chi connectivity index (χ4n) is 2.40. The maximum atomic E-state index is 12.4. The van der Waals surface area contributed by atoms with Crippen molar-refractivity contribution in [3.05, 3.63) is 47.7 Å². The summed E-state index contributed by atoms with van der Waals surface area (Å²) >= 11 is 0. The van der Waals surface area contributed by atoms with E-state index in [0.29, 0.717) is 43.4 Å². The molecule has 120 valence electrons. The Morgan fingerprint density at radius 2 is 1.87 bits per heavy atom. The lowest BCUT2D eigenvalue weighted by atomic mass is 10.2. The fraction of sp³-hybridized carbons (Fsp3) is 0.312. The first-order chi connectivity index (χ1) is 11.1. The highest BCUT2D eigenvalue weighted by molar-refractivity contribution is 6.04. The van der Waals surface area contributed by atoms with Crippen LogP contribution in [0.5, 0.6) is 0 Å². The van der Waals surface area contributed by atoms with Gasteiger partial charge in [-0.25, -0.2) is 0 Å². The summed E-state index contributed by atoms with van der Waals surface area (Å²) < 4.78 is 6.73. The molecule has 23 heavy (non-hydrogen) atoms. The van der Waals surface area contributed by atoms with Crippen molar-refractivity contribution in [1.29, 1.82) is 0 Å². The average molecular weight is 314 g/mol. The van der Waals surface area contributed by atoms with Crippen LogP contribution in [0.3, 0.4) is 0 Å². The zero-order chi connectivity index (χ0) is 16.2. The van der Waals surface area contributed by atoms with E-state index in [1.807, 2.05) is 6.07 Å². The molecule has 0 radical (unpaired) electrons. The van der Waals surface area contributed by atoms with Crippen LogP contribution in [0.2, 0.25) is 0 Å². The second-order valence-corrected chi connectivity index (χ2v) is 5.26. The summed E-state index contributed by atoms with van der Waals surface area (Å²) in [6.45, 7) is 2.19. The Morgan fingerprint density at radius 3 is 2.57 bits per heavy atom. The minimum atomic E-state index is -0.237. The molecule has 1 aliphatic heterocycles. The summed E-state index contributed by atoms with van der Waals surface area (Å²) in [5.41, 5.74) is 0.868. The van der Waals surface area contributed by atoms with Gasteiger partial charge in [-0.2, -0.15) is 5.10 Å². The minimum absolute atomic E-state index is 0.149. The third-order valence-corrected chi connectivity index (χ3v) is 3.67. The van der Waals surface area contributed by atoms with E-state index in [4.69, 9.17) is 4.74 Å². The number of hydrogen-bond donors (Lipinski definition) is 1. The zero-order valence-electron chi connectivity index (χ0n) is 12.9. The number of morpholine rings is 1. The summed E-state index contributed by atoms with van der Waals surface area (Å²) in [7, 11) is 1.69. The fourth-order valence-corrected chi connectivity index (χ4v) is 2.40. The van der Waals surface area contributed by atoms with Crippen molar-refractivity contribution in [2.24, 2.45) is 7.05 Å². The van der Waals surface area contributed by atoms with Crippen LogP contribution < -0.4 is 5.32 Å². The maximum Gasteiger partial charge on any atom is 0.274 e. The normalized spacial score (nSPS) is 14.6. The third-order valence-electron chi connectivity index (χ3n) is 3.67. The van der Waals surface area contributed by atoms with Crippen LogP contribution >= 0.6 is 0 Å². The lowest BCUT2D eigenvalue weighted by Gasteiger charge is -2.25. The Kier molecular flexibility index (Phi) is 4.38. The summed E-state index contributed by atoms with van der Waals surface area (Å²) in [5, 5.41) is 6.97. The molecule has 0 unspecified atom stereocenters. The Morgan fingerprint density at radius 1 is 1.17 bits per heavy atom. The van der Waals surface area contributed by atoms with Gasteiger partial charge in [0.25, 0.3) is 11.8 Å². The van der Waals surface area contributed by atoms with Gasteiger partial charge in [0.05, 0.1) is 13.2 Å². The van der Waals surface area contributed by atoms with Gasteiger partial charge in [0.1, 0.15) is 5.82 Å². The van der Waals surface area contributed by atoms with Gasteiger partial charge in [-0.15, -0.1) is 0 Å². The number of carbonyl (C=O) groups excluding carboxylic acids is 2. The number of aromatic nitrogens is 2. The first-order valence-electron chi connectivity index (χ1n) is 7.42. The number of ether oxygens (including phenoxy) is 1. The van der Waals surface area contributed by atoms with E-state index in [-0.39, 0.29) is 11.8 Å². The smallest absolute Gasteiger partial charge is 0.274 e. The molecule has 0 bridgehead atoms. The molecule has 0 saturated carbocycles. The molecule has 2 heterocycles. The largest absolute Gasteiger partial charge is 0.378 e. The molecule has 1 aromatic carbocycles. The molecule has 7 nitrogen and oxygen atoms in total. The topological polar surface area (TPSA) is 76.5 Å². The van der Waals surface area contributed by atoms with Crippen molar-refractivity contribution < 1.29 is 14.3 Å². The van der Waals surface area contributed by atoms with Crippen molar-refractivity contribution in [3.8, 4) is 0 Å². The van der Waals surface area contributed by atoms with Crippen LogP contribution in [0.1, 0.15) is 20.8 Å². The van der Waals surface area contributed by atoms with Gasteiger partial charge in [-0.05, 0) is 12.1 Å². The van der Waals surface area contributed by atoms with Crippen molar-refractivity contribution in [2.45, 2.75) is 0 Å². The van der Waals surface area contributed by atoms with Gasteiger partial charge in [-0.3, -0.25) is 14.3 Å². The molecule has 7 heteroatoms. The van der Waals surface area contributed by atoms with Crippen molar-refractivity contribution >= 4 is 17.6 Å². The van der Waals surface area contributed by atoms with Crippen LogP contribution in [0, 0.1) is 0 Å². The third kappa shape index (κ3) is 3.40. The number of amides is 2. The van der Waals surface area contributed by atoms with Crippen molar-refractivity contribution in [1.82, 2.24) is 14.7 Å². The van der Waals surface area contributed by atoms with Gasteiger partial charge < -0.3 is 15.0 Å². The molecule has 0 spiro atoms. The highest BCUT2D eigenvalue weighted by Crippen LogP contribution is 2.14. The van der Waals surface area contributed by atoms with E-state index in [1.165, 1.54) is 4.68 Å². The van der Waals surface area contributed by atoms with Crippen LogP contribution in [0.15, 0.2) is 36.4 Å². The molecule has 1 aromatic heterocycles. The highest BCUT2D eigenvalue weighted by Gasteiger charge is 2.22. The standard InChI is InChI=1S/C16H18N4O3/c1-19-14(17-15(21)12-5-3-2-4-6-12)11-13(18-19)16(22)20-7-9-23-10-8-20/h2-6,11H,7-10H2,1H3,(H,17,21). The number of benzene rings is 1. The van der Waals surface area contributed by atoms with Gasteiger partial charge in [-0.1, -0.05) is 18.2 Å². The molecular weight excluding hydrogens is 296 g/mol. The Labute approximate surface area is 133 Å². The van der Waals surface area contributed by atoms with Gasteiger partial charge in [0, 0.05) is 31.8 Å².